The monoisotopic (exact) mass is 430 g/mol. The van der Waals surface area contributed by atoms with Crippen molar-refractivity contribution in [3.05, 3.63) is 46.1 Å². The quantitative estimate of drug-likeness (QED) is 0.470. The maximum absolute atomic E-state index is 12.5. The van der Waals surface area contributed by atoms with Crippen molar-refractivity contribution < 1.29 is 14.3 Å². The summed E-state index contributed by atoms with van der Waals surface area (Å²) in [5.41, 5.74) is 4.22. The van der Waals surface area contributed by atoms with Crippen molar-refractivity contribution >= 4 is 40.0 Å². The van der Waals surface area contributed by atoms with Gasteiger partial charge >= 0.3 is 5.97 Å². The van der Waals surface area contributed by atoms with Crippen LogP contribution in [0.5, 0.6) is 0 Å². The Morgan fingerprint density at radius 1 is 1.21 bits per heavy atom. The van der Waals surface area contributed by atoms with Gasteiger partial charge in [0.2, 0.25) is 5.91 Å². The fourth-order valence-electron chi connectivity index (χ4n) is 2.79. The lowest BCUT2D eigenvalue weighted by molar-refractivity contribution is -0.113. The van der Waals surface area contributed by atoms with E-state index in [0.29, 0.717) is 15.7 Å². The van der Waals surface area contributed by atoms with Crippen LogP contribution in [0.4, 0.5) is 5.00 Å². The first-order chi connectivity index (χ1) is 13.8. The number of benzene rings is 1. The van der Waals surface area contributed by atoms with E-state index in [4.69, 9.17) is 4.74 Å². The summed E-state index contributed by atoms with van der Waals surface area (Å²) < 4.78 is 6.81. The first-order valence-electron chi connectivity index (χ1n) is 8.88. The van der Waals surface area contributed by atoms with Crippen molar-refractivity contribution in [1.29, 1.82) is 0 Å². The molecule has 1 aromatic carbocycles. The van der Waals surface area contributed by atoms with Gasteiger partial charge in [-0.2, -0.15) is 0 Å². The zero-order chi connectivity index (χ0) is 21.1. The zero-order valence-electron chi connectivity index (χ0n) is 16.9. The molecule has 0 spiro atoms. The Balaban J connectivity index is 1.84. The molecule has 3 rings (SSSR count). The minimum absolute atomic E-state index is 0.156. The maximum Gasteiger partial charge on any atom is 0.341 e. The van der Waals surface area contributed by atoms with Crippen LogP contribution in [0, 0.1) is 20.8 Å². The molecule has 0 bridgehead atoms. The van der Waals surface area contributed by atoms with Crippen LogP contribution in [0.15, 0.2) is 28.7 Å². The number of ether oxygens (including phenoxy) is 1. The number of hydrogen-bond acceptors (Lipinski definition) is 7. The highest BCUT2D eigenvalue weighted by Crippen LogP contribution is 2.38. The summed E-state index contributed by atoms with van der Waals surface area (Å²) in [6.45, 7) is 5.84. The zero-order valence-corrected chi connectivity index (χ0v) is 18.5. The summed E-state index contributed by atoms with van der Waals surface area (Å²) in [5, 5.41) is 13.9. The number of anilines is 1. The third-order valence-corrected chi connectivity index (χ3v) is 6.42. The number of rotatable bonds is 6. The fourth-order valence-corrected chi connectivity index (χ4v) is 4.51. The summed E-state index contributed by atoms with van der Waals surface area (Å²) in [6.07, 6.45) is 0. The number of carbonyl (C=O) groups excluding carboxylic acids is 2. The molecule has 0 aliphatic heterocycles. The highest BCUT2D eigenvalue weighted by atomic mass is 32.2. The Hall–Kier alpha value is -2.65. The lowest BCUT2D eigenvalue weighted by atomic mass is 9.97. The Labute approximate surface area is 177 Å². The van der Waals surface area contributed by atoms with Crippen molar-refractivity contribution in [1.82, 2.24) is 14.8 Å². The number of nitrogens with zero attached hydrogens (tertiary/aromatic N) is 3. The van der Waals surface area contributed by atoms with Crippen molar-refractivity contribution in [2.24, 2.45) is 7.05 Å². The molecule has 0 aliphatic rings. The first kappa shape index (κ1) is 21.1. The lowest BCUT2D eigenvalue weighted by Gasteiger charge is -2.10. The van der Waals surface area contributed by atoms with E-state index in [0.717, 1.165) is 28.1 Å². The normalized spacial score (nSPS) is 10.8. The second-order valence-corrected chi connectivity index (χ2v) is 8.41. The van der Waals surface area contributed by atoms with Gasteiger partial charge in [0.1, 0.15) is 16.4 Å². The molecule has 2 aromatic heterocycles. The third kappa shape index (κ3) is 4.51. The number of aryl methyl sites for hydroxylation is 3. The summed E-state index contributed by atoms with van der Waals surface area (Å²) in [5.74, 6) is 0.227. The molecule has 0 saturated carbocycles. The van der Waals surface area contributed by atoms with Crippen LogP contribution in [-0.4, -0.2) is 39.5 Å². The number of nitrogens with one attached hydrogen (secondary N) is 1. The minimum Gasteiger partial charge on any atom is -0.465 e. The number of methoxy groups -OCH3 is 1. The van der Waals surface area contributed by atoms with Gasteiger partial charge < -0.3 is 14.6 Å². The van der Waals surface area contributed by atoms with E-state index >= 15 is 0 Å². The standard InChI is InChI=1S/C20H22N4O3S2/c1-11-6-7-12(2)14(8-11)15-9-28-18(17(15)19(26)27-5)21-16(25)10-29-20-23-22-13(3)24(20)4/h6-9H,10H2,1-5H3,(H,21,25). The average Bonchev–Trinajstić information content (AvgIpc) is 3.25. The smallest absolute Gasteiger partial charge is 0.341 e. The van der Waals surface area contributed by atoms with Crippen LogP contribution in [0.3, 0.4) is 0 Å². The maximum atomic E-state index is 12.5. The second kappa shape index (κ2) is 8.79. The van der Waals surface area contributed by atoms with E-state index in [2.05, 4.69) is 15.5 Å². The number of thiophene rings is 1. The van der Waals surface area contributed by atoms with E-state index < -0.39 is 5.97 Å². The molecule has 152 valence electrons. The van der Waals surface area contributed by atoms with E-state index in [1.807, 2.05) is 56.0 Å². The van der Waals surface area contributed by atoms with Gasteiger partial charge in [-0.1, -0.05) is 35.5 Å². The molecule has 0 saturated heterocycles. The number of carbonyl (C=O) groups is 2. The Kier molecular flexibility index (Phi) is 6.39. The van der Waals surface area contributed by atoms with Crippen LogP contribution in [0.25, 0.3) is 11.1 Å². The molecule has 2 heterocycles. The van der Waals surface area contributed by atoms with Crippen molar-refractivity contribution in [2.75, 3.05) is 18.2 Å². The number of hydrogen-bond donors (Lipinski definition) is 1. The first-order valence-corrected chi connectivity index (χ1v) is 10.7. The highest BCUT2D eigenvalue weighted by molar-refractivity contribution is 7.99. The Morgan fingerprint density at radius 2 is 1.97 bits per heavy atom. The van der Waals surface area contributed by atoms with E-state index in [1.165, 1.54) is 30.2 Å². The largest absolute Gasteiger partial charge is 0.465 e. The summed E-state index contributed by atoms with van der Waals surface area (Å²) >= 11 is 2.60. The Bertz CT molecular complexity index is 1070. The van der Waals surface area contributed by atoms with Crippen LogP contribution in [-0.2, 0) is 16.6 Å². The molecule has 0 fully saturated rings. The predicted molar refractivity (Wildman–Crippen MR) is 116 cm³/mol. The van der Waals surface area contributed by atoms with E-state index in [1.54, 1.807) is 0 Å². The van der Waals surface area contributed by atoms with Crippen LogP contribution >= 0.6 is 23.1 Å². The van der Waals surface area contributed by atoms with Crippen molar-refractivity contribution in [3.8, 4) is 11.1 Å². The third-order valence-electron chi connectivity index (χ3n) is 4.50. The molecular weight excluding hydrogens is 408 g/mol. The number of amides is 1. The number of esters is 1. The van der Waals surface area contributed by atoms with Crippen LogP contribution < -0.4 is 5.32 Å². The van der Waals surface area contributed by atoms with Gasteiger partial charge in [0.25, 0.3) is 0 Å². The van der Waals surface area contributed by atoms with Gasteiger partial charge in [0.15, 0.2) is 5.16 Å². The number of thioether (sulfide) groups is 1. The molecule has 0 atom stereocenters. The highest BCUT2D eigenvalue weighted by Gasteiger charge is 2.23. The molecular formula is C20H22N4O3S2. The van der Waals surface area contributed by atoms with Gasteiger partial charge in [0, 0.05) is 18.0 Å². The topological polar surface area (TPSA) is 86.1 Å². The molecule has 29 heavy (non-hydrogen) atoms. The second-order valence-electron chi connectivity index (χ2n) is 6.59. The summed E-state index contributed by atoms with van der Waals surface area (Å²) in [7, 11) is 3.19. The predicted octanol–water partition coefficient (Wildman–Crippen LogP) is 3.99. The molecule has 0 radical (unpaired) electrons. The van der Waals surface area contributed by atoms with Gasteiger partial charge in [-0.15, -0.1) is 21.5 Å². The molecule has 0 unspecified atom stereocenters. The molecule has 3 aromatic rings. The minimum atomic E-state index is -0.478. The fraction of sp³-hybridized carbons (Fsp3) is 0.300. The summed E-state index contributed by atoms with van der Waals surface area (Å²) in [4.78, 5) is 25.0. The van der Waals surface area contributed by atoms with E-state index in [9.17, 15) is 9.59 Å². The molecule has 1 N–H and O–H groups in total. The average molecular weight is 431 g/mol. The Morgan fingerprint density at radius 3 is 2.62 bits per heavy atom. The molecule has 9 heteroatoms. The van der Waals surface area contributed by atoms with Crippen molar-refractivity contribution in [3.63, 3.8) is 0 Å². The van der Waals surface area contributed by atoms with Gasteiger partial charge in [-0.3, -0.25) is 4.79 Å². The molecule has 7 nitrogen and oxygen atoms in total. The number of aromatic nitrogens is 3. The summed E-state index contributed by atoms with van der Waals surface area (Å²) in [6, 6.07) is 6.07. The van der Waals surface area contributed by atoms with Gasteiger partial charge in [-0.05, 0) is 31.9 Å². The van der Waals surface area contributed by atoms with E-state index in [-0.39, 0.29) is 11.7 Å². The SMILES string of the molecule is COC(=O)c1c(-c2cc(C)ccc2C)csc1NC(=O)CSc1nnc(C)n1C. The lowest BCUT2D eigenvalue weighted by Crippen LogP contribution is -2.16. The molecule has 1 amide bonds. The molecule has 0 aliphatic carbocycles. The van der Waals surface area contributed by atoms with Crippen molar-refractivity contribution in [2.45, 2.75) is 25.9 Å². The van der Waals surface area contributed by atoms with Gasteiger partial charge in [0.05, 0.1) is 12.9 Å². The van der Waals surface area contributed by atoms with Crippen LogP contribution in [0.2, 0.25) is 0 Å². The van der Waals surface area contributed by atoms with Gasteiger partial charge in [-0.25, -0.2) is 4.79 Å². The van der Waals surface area contributed by atoms with Crippen LogP contribution in [0.1, 0.15) is 27.3 Å².